The van der Waals surface area contributed by atoms with E-state index in [-0.39, 0.29) is 46.6 Å². The molecule has 180 valence electrons. The van der Waals surface area contributed by atoms with E-state index in [9.17, 15) is 34.8 Å². The third kappa shape index (κ3) is 7.06. The number of carbonyl (C=O) groups is 3. The van der Waals surface area contributed by atoms with Gasteiger partial charge in [-0.3, -0.25) is 14.4 Å². The van der Waals surface area contributed by atoms with E-state index in [4.69, 9.17) is 5.11 Å². The fourth-order valence-corrected chi connectivity index (χ4v) is 7.33. The SMILES string of the molecule is CN(CCO)C(=O)c1c(I)c(C(=O)NCC(O)CO)c(I)c(N(CCO)C(=O)CO)c1I. The Morgan fingerprint density at radius 1 is 0.938 bits per heavy atom. The smallest absolute Gasteiger partial charge is 0.255 e. The van der Waals surface area contributed by atoms with Crippen LogP contribution in [0.3, 0.4) is 0 Å². The van der Waals surface area contributed by atoms with Crippen LogP contribution in [0.1, 0.15) is 20.7 Å². The van der Waals surface area contributed by atoms with Crippen LogP contribution in [0, 0.1) is 10.7 Å². The highest BCUT2D eigenvalue weighted by Gasteiger charge is 2.32. The molecule has 0 radical (unpaired) electrons. The van der Waals surface area contributed by atoms with Gasteiger partial charge in [0.1, 0.15) is 6.61 Å². The lowest BCUT2D eigenvalue weighted by molar-refractivity contribution is -0.121. The molecule has 0 fully saturated rings. The van der Waals surface area contributed by atoms with E-state index in [1.807, 2.05) is 67.8 Å². The average Bonchev–Trinajstić information content (AvgIpc) is 2.76. The molecule has 0 saturated heterocycles. The summed E-state index contributed by atoms with van der Waals surface area (Å²) < 4.78 is 0.906. The van der Waals surface area contributed by atoms with Crippen molar-refractivity contribution >= 4 is 91.2 Å². The van der Waals surface area contributed by atoms with Gasteiger partial charge in [-0.15, -0.1) is 0 Å². The minimum absolute atomic E-state index is 0.0342. The zero-order chi connectivity index (χ0) is 24.6. The highest BCUT2D eigenvalue weighted by Crippen LogP contribution is 2.38. The van der Waals surface area contributed by atoms with E-state index in [0.29, 0.717) is 7.14 Å². The first-order valence-corrected chi connectivity index (χ1v) is 12.5. The van der Waals surface area contributed by atoms with E-state index in [1.165, 1.54) is 11.9 Å². The second-order valence-corrected chi connectivity index (χ2v) is 9.70. The number of halogens is 3. The molecule has 0 aliphatic heterocycles. The van der Waals surface area contributed by atoms with Crippen LogP contribution in [0.25, 0.3) is 0 Å². The number of nitrogens with zero attached hydrogens (tertiary/aromatic N) is 2. The van der Waals surface area contributed by atoms with Crippen LogP contribution in [0.4, 0.5) is 5.69 Å². The van der Waals surface area contributed by atoms with Crippen LogP contribution in [-0.4, -0.2) is 107 Å². The van der Waals surface area contributed by atoms with Gasteiger partial charge in [-0.05, 0) is 67.8 Å². The summed E-state index contributed by atoms with van der Waals surface area (Å²) in [7, 11) is 1.48. The second-order valence-electron chi connectivity index (χ2n) is 6.46. The number of rotatable bonds is 11. The molecular formula is C18H24I3N3O8. The van der Waals surface area contributed by atoms with Crippen molar-refractivity contribution in [2.75, 3.05) is 58.0 Å². The molecule has 0 bridgehead atoms. The molecule has 0 spiro atoms. The molecule has 0 aliphatic carbocycles. The lowest BCUT2D eigenvalue weighted by Crippen LogP contribution is -2.40. The molecule has 1 aromatic rings. The molecule has 0 saturated carbocycles. The van der Waals surface area contributed by atoms with Crippen molar-refractivity contribution < 1.29 is 39.9 Å². The Bertz CT molecular complexity index is 855. The number of amides is 3. The fraction of sp³-hybridized carbons (Fsp3) is 0.500. The van der Waals surface area contributed by atoms with E-state index in [1.54, 1.807) is 0 Å². The number of carbonyl (C=O) groups excluding carboxylic acids is 3. The summed E-state index contributed by atoms with van der Waals surface area (Å²) in [5, 5.41) is 49.1. The van der Waals surface area contributed by atoms with E-state index < -0.39 is 43.6 Å². The summed E-state index contributed by atoms with van der Waals surface area (Å²) >= 11 is 5.56. The van der Waals surface area contributed by atoms with Crippen molar-refractivity contribution in [3.8, 4) is 0 Å². The van der Waals surface area contributed by atoms with Gasteiger partial charge in [-0.25, -0.2) is 0 Å². The molecular weight excluding hydrogens is 767 g/mol. The van der Waals surface area contributed by atoms with Gasteiger partial charge in [0.15, 0.2) is 0 Å². The first-order chi connectivity index (χ1) is 15.1. The Labute approximate surface area is 225 Å². The number of benzene rings is 1. The molecule has 6 N–H and O–H groups in total. The van der Waals surface area contributed by atoms with Crippen molar-refractivity contribution in [1.82, 2.24) is 10.2 Å². The Balaban J connectivity index is 3.81. The highest BCUT2D eigenvalue weighted by atomic mass is 127. The van der Waals surface area contributed by atoms with Crippen LogP contribution in [-0.2, 0) is 4.79 Å². The van der Waals surface area contributed by atoms with E-state index >= 15 is 0 Å². The number of aliphatic hydroxyl groups excluding tert-OH is 5. The molecule has 0 aliphatic rings. The molecule has 32 heavy (non-hydrogen) atoms. The van der Waals surface area contributed by atoms with Gasteiger partial charge in [-0.2, -0.15) is 0 Å². The molecule has 1 unspecified atom stereocenters. The molecule has 0 aromatic heterocycles. The first kappa shape index (κ1) is 29.7. The Morgan fingerprint density at radius 2 is 1.50 bits per heavy atom. The molecule has 1 aromatic carbocycles. The second kappa shape index (κ2) is 14.1. The van der Waals surface area contributed by atoms with Gasteiger partial charge in [0.25, 0.3) is 17.7 Å². The van der Waals surface area contributed by atoms with Gasteiger partial charge in [0.2, 0.25) is 0 Å². The third-order valence-electron chi connectivity index (χ3n) is 4.26. The summed E-state index contributed by atoms with van der Waals surface area (Å²) in [6.07, 6.45) is -1.18. The van der Waals surface area contributed by atoms with Crippen molar-refractivity contribution in [3.63, 3.8) is 0 Å². The standard InChI is InChI=1S/C18H24I3N3O8/c1-23(2-4-25)18(32)12-13(19)11(17(31)22-6-9(29)7-27)14(20)16(15(12)21)24(3-5-26)10(30)8-28/h9,25-29H,2-8H2,1H3,(H,22,31). The minimum Gasteiger partial charge on any atom is -0.395 e. The van der Waals surface area contributed by atoms with Crippen LogP contribution >= 0.6 is 67.8 Å². The maximum absolute atomic E-state index is 13.1. The summed E-state index contributed by atoms with van der Waals surface area (Å²) in [4.78, 5) is 40.9. The maximum Gasteiger partial charge on any atom is 0.255 e. The van der Waals surface area contributed by atoms with Gasteiger partial charge in [0, 0.05) is 30.3 Å². The van der Waals surface area contributed by atoms with Crippen LogP contribution in [0.15, 0.2) is 0 Å². The van der Waals surface area contributed by atoms with Crippen molar-refractivity contribution in [2.45, 2.75) is 6.10 Å². The van der Waals surface area contributed by atoms with Gasteiger partial charge in [-0.1, -0.05) is 0 Å². The topological polar surface area (TPSA) is 171 Å². The van der Waals surface area contributed by atoms with Crippen molar-refractivity contribution in [2.24, 2.45) is 0 Å². The fourth-order valence-electron chi connectivity index (χ4n) is 2.63. The van der Waals surface area contributed by atoms with Crippen molar-refractivity contribution in [3.05, 3.63) is 21.8 Å². The Morgan fingerprint density at radius 3 is 2.00 bits per heavy atom. The third-order valence-corrected chi connectivity index (χ3v) is 7.43. The molecule has 3 amide bonds. The van der Waals surface area contributed by atoms with E-state index in [0.717, 1.165) is 4.90 Å². The summed E-state index contributed by atoms with van der Waals surface area (Å²) in [6, 6.07) is 0. The Kier molecular flexibility index (Phi) is 13.1. The lowest BCUT2D eigenvalue weighted by Gasteiger charge is -2.28. The predicted octanol–water partition coefficient (Wildman–Crippen LogP) is -1.03. The van der Waals surface area contributed by atoms with Crippen LogP contribution in [0.5, 0.6) is 0 Å². The zero-order valence-corrected chi connectivity index (χ0v) is 23.5. The predicted molar refractivity (Wildman–Crippen MR) is 141 cm³/mol. The van der Waals surface area contributed by atoms with Gasteiger partial charge < -0.3 is 40.6 Å². The Hall–Kier alpha value is -0.380. The number of hydrogen-bond donors (Lipinski definition) is 6. The number of anilines is 1. The minimum atomic E-state index is -1.18. The van der Waals surface area contributed by atoms with Crippen LogP contribution in [0.2, 0.25) is 0 Å². The zero-order valence-electron chi connectivity index (χ0n) is 17.0. The van der Waals surface area contributed by atoms with Crippen molar-refractivity contribution in [1.29, 1.82) is 0 Å². The average molecular weight is 791 g/mol. The monoisotopic (exact) mass is 791 g/mol. The number of hydrogen-bond acceptors (Lipinski definition) is 8. The lowest BCUT2D eigenvalue weighted by atomic mass is 10.1. The summed E-state index contributed by atoms with van der Waals surface area (Å²) in [5.41, 5.74) is 0.341. The van der Waals surface area contributed by atoms with E-state index in [2.05, 4.69) is 5.32 Å². The summed E-state index contributed by atoms with van der Waals surface area (Å²) in [6.45, 7) is -2.51. The number of nitrogens with one attached hydrogen (secondary N) is 1. The summed E-state index contributed by atoms with van der Waals surface area (Å²) in [5.74, 6) is -1.89. The number of aliphatic hydroxyl groups is 5. The molecule has 1 rings (SSSR count). The van der Waals surface area contributed by atoms with Crippen LogP contribution < -0.4 is 10.2 Å². The van der Waals surface area contributed by atoms with Gasteiger partial charge in [0.05, 0.1) is 49.9 Å². The highest BCUT2D eigenvalue weighted by molar-refractivity contribution is 14.1. The molecule has 1 atom stereocenters. The molecule has 11 nitrogen and oxygen atoms in total. The largest absolute Gasteiger partial charge is 0.395 e. The first-order valence-electron chi connectivity index (χ1n) is 9.23. The molecule has 14 heteroatoms. The maximum atomic E-state index is 13.1. The number of likely N-dealkylation sites (N-methyl/N-ethyl adjacent to an activating group) is 1. The normalized spacial score (nSPS) is 11.8. The molecule has 0 heterocycles. The quantitative estimate of drug-likeness (QED) is 0.155. The van der Waals surface area contributed by atoms with Gasteiger partial charge >= 0.3 is 0 Å².